The molecule has 0 N–H and O–H groups in total. The maximum atomic E-state index is 9.77. The van der Waals surface area contributed by atoms with Crippen LogP contribution in [0.5, 0.6) is 0 Å². The van der Waals surface area contributed by atoms with Gasteiger partial charge in [0.25, 0.3) is 0 Å². The lowest BCUT2D eigenvalue weighted by molar-refractivity contribution is 0.301. The van der Waals surface area contributed by atoms with Gasteiger partial charge in [0.2, 0.25) is 0 Å². The number of unbranched alkanes of at least 4 members (excludes halogenated alkanes) is 1. The van der Waals surface area contributed by atoms with E-state index in [1.807, 2.05) is 0 Å². The van der Waals surface area contributed by atoms with Crippen molar-refractivity contribution in [2.45, 2.75) is 25.4 Å². The number of hydrogen-bond donors (Lipinski definition) is 0. The van der Waals surface area contributed by atoms with Gasteiger partial charge >= 0.3 is 9.65 Å². The van der Waals surface area contributed by atoms with E-state index in [0.717, 1.165) is 6.42 Å². The lowest BCUT2D eigenvalue weighted by Crippen LogP contribution is -1.93. The van der Waals surface area contributed by atoms with Crippen molar-refractivity contribution in [1.29, 1.82) is 0 Å². The molecule has 0 saturated carbocycles. The van der Waals surface area contributed by atoms with Crippen molar-refractivity contribution in [3.05, 3.63) is 0 Å². The van der Waals surface area contributed by atoms with Crippen LogP contribution in [-0.4, -0.2) is 25.8 Å². The molecule has 0 bridgehead atoms. The Kier molecular flexibility index (Phi) is 8.06. The Bertz CT molecular complexity index is 68.0. The number of rotatable bonds is 6. The van der Waals surface area contributed by atoms with Gasteiger partial charge in [-0.2, -0.15) is 0 Å². The normalized spacial score (nSPS) is 9.00. The second-order valence-electron chi connectivity index (χ2n) is 1.84. The van der Waals surface area contributed by atoms with Gasteiger partial charge in [0, 0.05) is 9.52 Å². The summed E-state index contributed by atoms with van der Waals surface area (Å²) in [7, 11) is 0.0698. The zero-order chi connectivity index (χ0) is 6.95. The van der Waals surface area contributed by atoms with Gasteiger partial charge in [0.05, 0.1) is 6.61 Å². The minimum Gasteiger partial charge on any atom is -0.520 e. The first kappa shape index (κ1) is 9.03. The van der Waals surface area contributed by atoms with E-state index < -0.39 is 9.65 Å². The average Bonchev–Trinajstić information content (AvgIpc) is 1.89. The zero-order valence-electron chi connectivity index (χ0n) is 5.72. The lowest BCUT2D eigenvalue weighted by atomic mass is 10.4. The molecule has 2 nitrogen and oxygen atoms in total. The van der Waals surface area contributed by atoms with E-state index in [-0.39, 0.29) is 0 Å². The molecule has 0 rings (SSSR count). The summed E-state index contributed by atoms with van der Waals surface area (Å²) >= 11 is 0. The highest BCUT2D eigenvalue weighted by Crippen LogP contribution is 1.93. The van der Waals surface area contributed by atoms with Gasteiger partial charge in [0.1, 0.15) is 0 Å². The molecule has 0 spiro atoms. The second-order valence-corrected chi connectivity index (χ2v) is 3.69. The lowest BCUT2D eigenvalue weighted by Gasteiger charge is -1.95. The van der Waals surface area contributed by atoms with Gasteiger partial charge in [-0.15, -0.1) is 0 Å². The molecule has 0 heterocycles. The van der Waals surface area contributed by atoms with E-state index >= 15 is 0 Å². The van der Waals surface area contributed by atoms with Crippen LogP contribution in [0.2, 0.25) is 12.6 Å². The first-order valence-electron chi connectivity index (χ1n) is 3.18. The van der Waals surface area contributed by atoms with Crippen LogP contribution in [0.1, 0.15) is 12.8 Å². The fourth-order valence-corrected chi connectivity index (χ4v) is 1.49. The predicted octanol–water partition coefficient (Wildman–Crippen LogP) is 0.651. The largest absolute Gasteiger partial charge is 0.594 e. The fourth-order valence-electron chi connectivity index (χ4n) is 0.564. The first-order valence-corrected chi connectivity index (χ1v) is 5.97. The van der Waals surface area contributed by atoms with Crippen molar-refractivity contribution >= 4 is 19.2 Å². The third-order valence-corrected chi connectivity index (χ3v) is 2.36. The maximum Gasteiger partial charge on any atom is 0.594 e. The molecule has 52 valence electrons. The summed E-state index contributed by atoms with van der Waals surface area (Å²) < 4.78 is 14.4. The first-order chi connectivity index (χ1) is 4.41. The van der Waals surface area contributed by atoms with Crippen LogP contribution in [-0.2, 0) is 8.89 Å². The molecule has 0 atom stereocenters. The van der Waals surface area contributed by atoms with Gasteiger partial charge in [-0.1, -0.05) is 19.0 Å². The maximum absolute atomic E-state index is 9.77. The van der Waals surface area contributed by atoms with E-state index in [1.165, 1.54) is 12.5 Å². The Hall–Kier alpha value is 0.0338. The third kappa shape index (κ3) is 8.03. The predicted molar refractivity (Wildman–Crippen MR) is 39.4 cm³/mol. The molecule has 0 aliphatic rings. The van der Waals surface area contributed by atoms with E-state index in [4.69, 9.17) is 0 Å². The topological polar surface area (TPSA) is 26.3 Å². The van der Waals surface area contributed by atoms with E-state index in [0.29, 0.717) is 16.1 Å². The van der Waals surface area contributed by atoms with Crippen molar-refractivity contribution in [2.24, 2.45) is 0 Å². The van der Waals surface area contributed by atoms with E-state index in [1.54, 1.807) is 0 Å². The molecule has 4 heteroatoms. The molecule has 0 amide bonds. The molecule has 0 fully saturated rings. The second kappa shape index (κ2) is 8.03. The van der Waals surface area contributed by atoms with Gasteiger partial charge in [-0.3, -0.25) is 0 Å². The van der Waals surface area contributed by atoms with Crippen LogP contribution in [0.15, 0.2) is 0 Å². The summed E-state index contributed by atoms with van der Waals surface area (Å²) in [4.78, 5) is 0. The van der Waals surface area contributed by atoms with Gasteiger partial charge < -0.3 is 8.89 Å². The molecular weight excluding hydrogens is 148 g/mol. The third-order valence-electron chi connectivity index (χ3n) is 1.05. The van der Waals surface area contributed by atoms with E-state index in [9.17, 15) is 4.46 Å². The summed E-state index contributed by atoms with van der Waals surface area (Å²) in [5.74, 6) is 0. The molecule has 0 unspecified atom stereocenters. The summed E-state index contributed by atoms with van der Waals surface area (Å²) in [6, 6.07) is 1.34. The van der Waals surface area contributed by atoms with Crippen molar-refractivity contribution in [3.63, 3.8) is 0 Å². The molecular formula is C5H12O2Si2. The molecule has 2 radical (unpaired) electrons. The standard InChI is InChI=1S/C5H12O2Si2/c1-8-5-3-2-4-7-9-6/h8H,2-5H2,1H3. The Labute approximate surface area is 60.8 Å². The Morgan fingerprint density at radius 3 is 2.89 bits per heavy atom. The van der Waals surface area contributed by atoms with Gasteiger partial charge in [-0.05, 0) is 6.42 Å². The minimum absolute atomic E-state index is 0.574. The molecule has 0 aliphatic carbocycles. The Balaban J connectivity index is 2.66. The van der Waals surface area contributed by atoms with Gasteiger partial charge in [-0.25, -0.2) is 0 Å². The smallest absolute Gasteiger partial charge is 0.520 e. The SMILES string of the molecule is C[SiH]CCCCO[Si]=O. The molecule has 0 aliphatic heterocycles. The minimum atomic E-state index is -0.574. The molecule has 9 heavy (non-hydrogen) atoms. The fraction of sp³-hybridized carbons (Fsp3) is 1.00. The monoisotopic (exact) mass is 160 g/mol. The van der Waals surface area contributed by atoms with Gasteiger partial charge in [0.15, 0.2) is 0 Å². The molecule has 0 saturated heterocycles. The summed E-state index contributed by atoms with van der Waals surface area (Å²) in [5.41, 5.74) is 0. The summed E-state index contributed by atoms with van der Waals surface area (Å²) in [6.45, 7) is 2.91. The Morgan fingerprint density at radius 2 is 2.33 bits per heavy atom. The van der Waals surface area contributed by atoms with Crippen LogP contribution in [0, 0.1) is 0 Å². The molecule has 0 aromatic rings. The van der Waals surface area contributed by atoms with Crippen LogP contribution >= 0.6 is 0 Å². The average molecular weight is 160 g/mol. The van der Waals surface area contributed by atoms with Crippen molar-refractivity contribution in [3.8, 4) is 0 Å². The van der Waals surface area contributed by atoms with Crippen LogP contribution < -0.4 is 0 Å². The van der Waals surface area contributed by atoms with E-state index in [2.05, 4.69) is 11.0 Å². The molecule has 0 aromatic carbocycles. The Morgan fingerprint density at radius 1 is 1.56 bits per heavy atom. The van der Waals surface area contributed by atoms with Crippen LogP contribution in [0.25, 0.3) is 0 Å². The highest BCUT2D eigenvalue weighted by atomic mass is 28.2. The summed E-state index contributed by atoms with van der Waals surface area (Å²) in [6.07, 6.45) is 2.30. The van der Waals surface area contributed by atoms with Crippen molar-refractivity contribution < 1.29 is 8.89 Å². The summed E-state index contributed by atoms with van der Waals surface area (Å²) in [5, 5.41) is 0. The quantitative estimate of drug-likeness (QED) is 0.421. The van der Waals surface area contributed by atoms with Crippen molar-refractivity contribution in [1.82, 2.24) is 0 Å². The zero-order valence-corrected chi connectivity index (χ0v) is 7.88. The number of hydrogen-bond acceptors (Lipinski definition) is 2. The highest BCUT2D eigenvalue weighted by molar-refractivity contribution is 6.33. The highest BCUT2D eigenvalue weighted by Gasteiger charge is 1.86. The molecule has 0 aromatic heterocycles. The van der Waals surface area contributed by atoms with Crippen LogP contribution in [0.4, 0.5) is 0 Å². The van der Waals surface area contributed by atoms with Crippen molar-refractivity contribution in [2.75, 3.05) is 6.61 Å². The van der Waals surface area contributed by atoms with Crippen LogP contribution in [0.3, 0.4) is 0 Å².